The highest BCUT2D eigenvalue weighted by Gasteiger charge is 2.22. The van der Waals surface area contributed by atoms with Gasteiger partial charge in [-0.25, -0.2) is 0 Å². The summed E-state index contributed by atoms with van der Waals surface area (Å²) in [6, 6.07) is 24.6. The fourth-order valence-electron chi connectivity index (χ4n) is 4.02. The maximum atomic E-state index is 13.1. The number of hydrogen-bond acceptors (Lipinski definition) is 5. The van der Waals surface area contributed by atoms with Crippen molar-refractivity contribution in [2.45, 2.75) is 25.7 Å². The van der Waals surface area contributed by atoms with Crippen molar-refractivity contribution >= 4 is 5.78 Å². The molecule has 2 aromatic carbocycles. The second kappa shape index (κ2) is 12.7. The van der Waals surface area contributed by atoms with Gasteiger partial charge in [0.05, 0.1) is 12.5 Å². The number of ketones is 1. The molecule has 4 aromatic rings. The summed E-state index contributed by atoms with van der Waals surface area (Å²) >= 11 is 0. The van der Waals surface area contributed by atoms with Crippen LogP contribution in [0.1, 0.15) is 38.6 Å². The predicted molar refractivity (Wildman–Crippen MR) is 134 cm³/mol. The average Bonchev–Trinajstić information content (AvgIpc) is 3.54. The second-order valence-electron chi connectivity index (χ2n) is 8.35. The Balaban J connectivity index is 1.23. The first kappa shape index (κ1) is 23.7. The minimum absolute atomic E-state index is 0.187. The number of benzene rings is 2. The molecule has 2 heterocycles. The van der Waals surface area contributed by atoms with E-state index in [0.29, 0.717) is 11.5 Å². The molecule has 2 N–H and O–H groups in total. The molecule has 0 bridgehead atoms. The lowest BCUT2D eigenvalue weighted by Crippen LogP contribution is -2.21. The van der Waals surface area contributed by atoms with Crippen LogP contribution >= 0.6 is 0 Å². The molecule has 0 radical (unpaired) electrons. The van der Waals surface area contributed by atoms with E-state index in [1.807, 2.05) is 24.3 Å². The summed E-state index contributed by atoms with van der Waals surface area (Å²) in [7, 11) is 0. The molecule has 0 unspecified atom stereocenters. The highest BCUT2D eigenvalue weighted by Crippen LogP contribution is 2.20. The van der Waals surface area contributed by atoms with Gasteiger partial charge in [-0.05, 0) is 75.1 Å². The van der Waals surface area contributed by atoms with Crippen molar-refractivity contribution < 1.29 is 13.6 Å². The highest BCUT2D eigenvalue weighted by molar-refractivity contribution is 6.07. The van der Waals surface area contributed by atoms with Crippen molar-refractivity contribution in [2.24, 2.45) is 0 Å². The molecule has 4 rings (SSSR count). The number of carbonyl (C=O) groups excluding carboxylic acids is 1. The quantitative estimate of drug-likeness (QED) is 0.210. The molecule has 0 aliphatic heterocycles. The molecule has 0 fully saturated rings. The summed E-state index contributed by atoms with van der Waals surface area (Å²) in [6.07, 6.45) is 6.58. The zero-order valence-corrected chi connectivity index (χ0v) is 19.5. The average molecular weight is 457 g/mol. The van der Waals surface area contributed by atoms with Gasteiger partial charge >= 0.3 is 0 Å². The van der Waals surface area contributed by atoms with Crippen molar-refractivity contribution in [1.29, 1.82) is 0 Å². The monoisotopic (exact) mass is 456 g/mol. The fourth-order valence-corrected chi connectivity index (χ4v) is 4.02. The van der Waals surface area contributed by atoms with Crippen molar-refractivity contribution in [1.82, 2.24) is 10.6 Å². The summed E-state index contributed by atoms with van der Waals surface area (Å²) in [5.74, 6) is 0.560. The number of furan rings is 2. The minimum atomic E-state index is -0.187. The summed E-state index contributed by atoms with van der Waals surface area (Å²) in [5.41, 5.74) is 4.43. The van der Waals surface area contributed by atoms with Crippen LogP contribution in [0.25, 0.3) is 0 Å². The van der Waals surface area contributed by atoms with E-state index >= 15 is 0 Å². The summed E-state index contributed by atoms with van der Waals surface area (Å²) in [4.78, 5) is 13.1. The highest BCUT2D eigenvalue weighted by atomic mass is 16.4. The summed E-state index contributed by atoms with van der Waals surface area (Å²) in [6.45, 7) is 3.35. The van der Waals surface area contributed by atoms with Crippen LogP contribution in [0.5, 0.6) is 0 Å². The van der Waals surface area contributed by atoms with Gasteiger partial charge in [0.15, 0.2) is 11.5 Å². The fraction of sp³-hybridized carbons (Fsp3) is 0.276. The smallest absolute Gasteiger partial charge is 0.263 e. The van der Waals surface area contributed by atoms with Gasteiger partial charge in [-0.2, -0.15) is 0 Å². The van der Waals surface area contributed by atoms with Gasteiger partial charge in [-0.15, -0.1) is 0 Å². The number of carbonyl (C=O) groups is 1. The Bertz CT molecular complexity index is 1040. The van der Waals surface area contributed by atoms with E-state index in [0.717, 1.165) is 63.0 Å². The first-order valence-corrected chi connectivity index (χ1v) is 12.0. The van der Waals surface area contributed by atoms with Crippen LogP contribution in [-0.4, -0.2) is 32.0 Å². The van der Waals surface area contributed by atoms with Gasteiger partial charge in [0, 0.05) is 11.1 Å². The van der Waals surface area contributed by atoms with Crippen LogP contribution in [0.4, 0.5) is 0 Å². The lowest BCUT2D eigenvalue weighted by atomic mass is 10.0. The molecule has 0 aliphatic rings. The van der Waals surface area contributed by atoms with Crippen molar-refractivity contribution in [2.75, 3.05) is 26.2 Å². The molecule has 0 amide bonds. The Morgan fingerprint density at radius 2 is 0.971 bits per heavy atom. The Morgan fingerprint density at radius 3 is 1.41 bits per heavy atom. The molecule has 0 saturated heterocycles. The maximum absolute atomic E-state index is 13.1. The molecule has 0 atom stereocenters. The van der Waals surface area contributed by atoms with Crippen LogP contribution in [0.3, 0.4) is 0 Å². The first-order chi connectivity index (χ1) is 16.8. The van der Waals surface area contributed by atoms with E-state index in [1.54, 1.807) is 12.5 Å². The normalized spacial score (nSPS) is 11.1. The minimum Gasteiger partial charge on any atom is -0.460 e. The van der Waals surface area contributed by atoms with Gasteiger partial charge in [0.25, 0.3) is 5.78 Å². The third kappa shape index (κ3) is 6.80. The van der Waals surface area contributed by atoms with Crippen LogP contribution in [0.15, 0.2) is 94.2 Å². The lowest BCUT2D eigenvalue weighted by molar-refractivity contribution is 0.0980. The lowest BCUT2D eigenvalue weighted by Gasteiger charge is -2.07. The van der Waals surface area contributed by atoms with Crippen LogP contribution in [-0.2, 0) is 25.7 Å². The van der Waals surface area contributed by atoms with Crippen molar-refractivity contribution in [3.05, 3.63) is 119 Å². The largest absolute Gasteiger partial charge is 0.460 e. The van der Waals surface area contributed by atoms with E-state index in [-0.39, 0.29) is 5.78 Å². The van der Waals surface area contributed by atoms with E-state index in [1.165, 1.54) is 11.1 Å². The van der Waals surface area contributed by atoms with Gasteiger partial charge in [0.2, 0.25) is 0 Å². The summed E-state index contributed by atoms with van der Waals surface area (Å²) < 4.78 is 11.1. The molecule has 0 aliphatic carbocycles. The molecule has 176 valence electrons. The second-order valence-corrected chi connectivity index (χ2v) is 8.35. The third-order valence-electron chi connectivity index (χ3n) is 5.91. The summed E-state index contributed by atoms with van der Waals surface area (Å²) in [5, 5.41) is 6.90. The molecule has 0 spiro atoms. The van der Waals surface area contributed by atoms with E-state index < -0.39 is 0 Å². The van der Waals surface area contributed by atoms with Gasteiger partial charge in [-0.1, -0.05) is 60.7 Å². The molecule has 0 saturated carbocycles. The molecule has 2 aromatic heterocycles. The standard InChI is InChI=1S/C29H32N2O3/c32-27(28-25(15-21-33-28)13-19-30-17-11-23-7-3-1-4-8-23)29-26(16-22-34-29)14-20-31-18-12-24-9-5-2-6-10-24/h1-10,15-16,21-22,30-31H,11-14,17-20H2. The molecule has 5 heteroatoms. The van der Waals surface area contributed by atoms with E-state index in [2.05, 4.69) is 59.2 Å². The van der Waals surface area contributed by atoms with Crippen molar-refractivity contribution in [3.63, 3.8) is 0 Å². The van der Waals surface area contributed by atoms with Crippen molar-refractivity contribution in [3.8, 4) is 0 Å². The first-order valence-electron chi connectivity index (χ1n) is 12.0. The van der Waals surface area contributed by atoms with Crippen LogP contribution in [0.2, 0.25) is 0 Å². The molecule has 5 nitrogen and oxygen atoms in total. The number of nitrogens with one attached hydrogen (secondary N) is 2. The Hall–Kier alpha value is -3.41. The zero-order valence-electron chi connectivity index (χ0n) is 19.5. The topological polar surface area (TPSA) is 67.4 Å². The Kier molecular flexibility index (Phi) is 8.89. The number of hydrogen-bond donors (Lipinski definition) is 2. The van der Waals surface area contributed by atoms with Gasteiger partial charge in [-0.3, -0.25) is 4.79 Å². The Labute approximate surface area is 201 Å². The van der Waals surface area contributed by atoms with Crippen LogP contribution in [0, 0.1) is 0 Å². The number of rotatable bonds is 14. The SMILES string of the molecule is O=C(c1occc1CCNCCc1ccccc1)c1occc1CCNCCc1ccccc1. The molecule has 34 heavy (non-hydrogen) atoms. The maximum Gasteiger partial charge on any atom is 0.263 e. The predicted octanol–water partition coefficient (Wildman–Crippen LogP) is 4.85. The Morgan fingerprint density at radius 1 is 0.559 bits per heavy atom. The van der Waals surface area contributed by atoms with Crippen LogP contribution < -0.4 is 10.6 Å². The van der Waals surface area contributed by atoms with Gasteiger partial charge < -0.3 is 19.5 Å². The van der Waals surface area contributed by atoms with E-state index in [9.17, 15) is 4.79 Å². The molecular formula is C29H32N2O3. The van der Waals surface area contributed by atoms with E-state index in [4.69, 9.17) is 8.83 Å². The third-order valence-corrected chi connectivity index (χ3v) is 5.91. The zero-order chi connectivity index (χ0) is 23.4. The molecular weight excluding hydrogens is 424 g/mol. The van der Waals surface area contributed by atoms with Gasteiger partial charge in [0.1, 0.15) is 0 Å².